The van der Waals surface area contributed by atoms with Crippen LogP contribution in [0, 0.1) is 6.92 Å². The van der Waals surface area contributed by atoms with E-state index in [0.29, 0.717) is 17.3 Å². The van der Waals surface area contributed by atoms with Crippen LogP contribution in [0.2, 0.25) is 5.02 Å². The van der Waals surface area contributed by atoms with E-state index in [1.807, 2.05) is 36.4 Å². The second kappa shape index (κ2) is 10.3. The Balaban J connectivity index is 1.42. The molecule has 5 rings (SSSR count). The van der Waals surface area contributed by atoms with E-state index in [4.69, 9.17) is 16.6 Å². The van der Waals surface area contributed by atoms with Crippen LogP contribution in [0.25, 0.3) is 33.1 Å². The number of halogens is 1. The number of allylic oxidation sites excluding steroid dienone is 1. The molecule has 4 nitrogen and oxygen atoms in total. The fourth-order valence-corrected chi connectivity index (χ4v) is 6.69. The Kier molecular flexibility index (Phi) is 6.97. The summed E-state index contributed by atoms with van der Waals surface area (Å²) in [5.41, 5.74) is 5.46. The van der Waals surface area contributed by atoms with Gasteiger partial charge in [-0.2, -0.15) is 0 Å². The smallest absolute Gasteiger partial charge is 0.192 e. The van der Waals surface area contributed by atoms with Gasteiger partial charge >= 0.3 is 0 Å². The Morgan fingerprint density at radius 1 is 1.00 bits per heavy atom. The highest BCUT2D eigenvalue weighted by Crippen LogP contribution is 2.39. The normalized spacial score (nSPS) is 11.1. The van der Waals surface area contributed by atoms with Gasteiger partial charge in [-0.15, -0.1) is 39.4 Å². The number of hydrogen-bond donors (Lipinski definition) is 0. The number of nitrogens with zero attached hydrogens (tertiary/aromatic N) is 4. The van der Waals surface area contributed by atoms with Crippen molar-refractivity contribution >= 4 is 46.0 Å². The first kappa shape index (κ1) is 23.1. The zero-order chi connectivity index (χ0) is 23.5. The van der Waals surface area contributed by atoms with Crippen molar-refractivity contribution in [2.45, 2.75) is 24.4 Å². The standard InChI is InChI=1S/C26H21ClN4S3/c1-3-13-31-24(21-16-32-17(2)23(21)18-9-5-4-6-10-18)29-30-26(31)34-15-19-14-33-25(28-19)20-11-7-8-12-22(20)27/h3-12,14,16H,1,13,15H2,2H3. The van der Waals surface area contributed by atoms with Gasteiger partial charge in [-0.05, 0) is 18.6 Å². The maximum absolute atomic E-state index is 6.35. The van der Waals surface area contributed by atoms with Crippen LogP contribution in [0.15, 0.2) is 83.2 Å². The van der Waals surface area contributed by atoms with Gasteiger partial charge in [-0.3, -0.25) is 4.57 Å². The maximum atomic E-state index is 6.35. The summed E-state index contributed by atoms with van der Waals surface area (Å²) < 4.78 is 2.13. The van der Waals surface area contributed by atoms with Gasteiger partial charge in [0, 0.05) is 44.6 Å². The Morgan fingerprint density at radius 2 is 1.79 bits per heavy atom. The van der Waals surface area contributed by atoms with E-state index in [0.717, 1.165) is 32.8 Å². The lowest BCUT2D eigenvalue weighted by Gasteiger charge is -2.09. The first-order chi connectivity index (χ1) is 16.7. The van der Waals surface area contributed by atoms with Crippen LogP contribution in [-0.2, 0) is 12.3 Å². The molecule has 0 bridgehead atoms. The van der Waals surface area contributed by atoms with Gasteiger partial charge in [0.15, 0.2) is 11.0 Å². The lowest BCUT2D eigenvalue weighted by molar-refractivity contribution is 0.731. The summed E-state index contributed by atoms with van der Waals surface area (Å²) in [6, 6.07) is 18.2. The van der Waals surface area contributed by atoms with E-state index in [-0.39, 0.29) is 0 Å². The van der Waals surface area contributed by atoms with Crippen molar-refractivity contribution in [3.05, 3.63) is 93.6 Å². The molecular weight excluding hydrogens is 500 g/mol. The van der Waals surface area contributed by atoms with E-state index in [2.05, 4.69) is 63.3 Å². The monoisotopic (exact) mass is 520 g/mol. The molecule has 0 aliphatic rings. The largest absolute Gasteiger partial charge is 0.298 e. The van der Waals surface area contributed by atoms with Crippen molar-refractivity contribution in [3.8, 4) is 33.1 Å². The average molecular weight is 521 g/mol. The van der Waals surface area contributed by atoms with Gasteiger partial charge in [0.1, 0.15) is 5.01 Å². The Morgan fingerprint density at radius 3 is 2.59 bits per heavy atom. The first-order valence-corrected chi connectivity index (χ1v) is 13.8. The minimum absolute atomic E-state index is 0.635. The Bertz CT molecular complexity index is 1440. The Labute approximate surface area is 216 Å². The van der Waals surface area contributed by atoms with Crippen molar-refractivity contribution in [2.24, 2.45) is 0 Å². The summed E-state index contributed by atoms with van der Waals surface area (Å²) >= 11 is 11.3. The van der Waals surface area contributed by atoms with E-state index in [1.165, 1.54) is 16.0 Å². The summed E-state index contributed by atoms with van der Waals surface area (Å²) in [5, 5.41) is 15.9. The molecule has 0 unspecified atom stereocenters. The molecule has 3 heterocycles. The fourth-order valence-electron chi connectivity index (χ4n) is 3.74. The fraction of sp³-hybridized carbons (Fsp3) is 0.115. The lowest BCUT2D eigenvalue weighted by Crippen LogP contribution is -2.01. The molecular formula is C26H21ClN4S3. The average Bonchev–Trinajstić information content (AvgIpc) is 3.58. The predicted octanol–water partition coefficient (Wildman–Crippen LogP) is 8.24. The Hall–Kier alpha value is -2.71. The topological polar surface area (TPSA) is 43.6 Å². The second-order valence-electron chi connectivity index (χ2n) is 7.56. The second-order valence-corrected chi connectivity index (χ2v) is 10.9. The van der Waals surface area contributed by atoms with Crippen molar-refractivity contribution in [1.82, 2.24) is 19.7 Å². The first-order valence-electron chi connectivity index (χ1n) is 10.7. The SMILES string of the molecule is C=CCn1c(SCc2csc(-c3ccccc3Cl)n2)nnc1-c1csc(C)c1-c1ccccc1. The molecule has 170 valence electrons. The van der Waals surface area contributed by atoms with Crippen molar-refractivity contribution in [3.63, 3.8) is 0 Å². The number of thioether (sulfide) groups is 1. The van der Waals surface area contributed by atoms with Gasteiger partial charge in [-0.1, -0.05) is 78.0 Å². The quantitative estimate of drug-likeness (QED) is 0.152. The molecule has 5 aromatic rings. The third-order valence-electron chi connectivity index (χ3n) is 5.31. The van der Waals surface area contributed by atoms with Crippen LogP contribution in [0.3, 0.4) is 0 Å². The summed E-state index contributed by atoms with van der Waals surface area (Å²) in [5.74, 6) is 1.56. The molecule has 34 heavy (non-hydrogen) atoms. The maximum Gasteiger partial charge on any atom is 0.192 e. The highest BCUT2D eigenvalue weighted by molar-refractivity contribution is 7.98. The summed E-state index contributed by atoms with van der Waals surface area (Å²) in [7, 11) is 0. The zero-order valence-electron chi connectivity index (χ0n) is 18.4. The minimum Gasteiger partial charge on any atom is -0.298 e. The summed E-state index contributed by atoms with van der Waals surface area (Å²) in [6.45, 7) is 6.74. The third-order valence-corrected chi connectivity index (χ3v) is 8.48. The minimum atomic E-state index is 0.635. The summed E-state index contributed by atoms with van der Waals surface area (Å²) in [4.78, 5) is 6.05. The predicted molar refractivity (Wildman–Crippen MR) is 146 cm³/mol. The van der Waals surface area contributed by atoms with Crippen LogP contribution in [-0.4, -0.2) is 19.7 Å². The number of hydrogen-bond acceptors (Lipinski definition) is 6. The molecule has 8 heteroatoms. The highest BCUT2D eigenvalue weighted by Gasteiger charge is 2.20. The van der Waals surface area contributed by atoms with Gasteiger partial charge in [0.25, 0.3) is 0 Å². The van der Waals surface area contributed by atoms with Gasteiger partial charge in [0.2, 0.25) is 0 Å². The molecule has 0 aliphatic carbocycles. The molecule has 0 radical (unpaired) electrons. The number of aryl methyl sites for hydroxylation is 1. The lowest BCUT2D eigenvalue weighted by atomic mass is 10.0. The van der Waals surface area contributed by atoms with E-state index >= 15 is 0 Å². The number of thiophene rings is 1. The van der Waals surface area contributed by atoms with Crippen LogP contribution >= 0.6 is 46.0 Å². The van der Waals surface area contributed by atoms with E-state index in [1.54, 1.807) is 34.4 Å². The molecule has 0 saturated heterocycles. The molecule has 0 amide bonds. The van der Waals surface area contributed by atoms with E-state index in [9.17, 15) is 0 Å². The molecule has 0 atom stereocenters. The van der Waals surface area contributed by atoms with Gasteiger partial charge in [-0.25, -0.2) is 4.98 Å². The molecule has 3 aromatic heterocycles. The number of benzene rings is 2. The molecule has 0 aliphatic heterocycles. The third kappa shape index (κ3) is 4.61. The van der Waals surface area contributed by atoms with Crippen molar-refractivity contribution < 1.29 is 0 Å². The van der Waals surface area contributed by atoms with Crippen LogP contribution < -0.4 is 0 Å². The van der Waals surface area contributed by atoms with Crippen molar-refractivity contribution in [2.75, 3.05) is 0 Å². The van der Waals surface area contributed by atoms with Crippen LogP contribution in [0.4, 0.5) is 0 Å². The van der Waals surface area contributed by atoms with Gasteiger partial charge < -0.3 is 0 Å². The van der Waals surface area contributed by atoms with Crippen molar-refractivity contribution in [1.29, 1.82) is 0 Å². The van der Waals surface area contributed by atoms with Crippen LogP contribution in [0.1, 0.15) is 10.6 Å². The number of thiazole rings is 1. The van der Waals surface area contributed by atoms with Gasteiger partial charge in [0.05, 0.1) is 10.7 Å². The zero-order valence-corrected chi connectivity index (χ0v) is 21.6. The number of aromatic nitrogens is 4. The van der Waals surface area contributed by atoms with Crippen LogP contribution in [0.5, 0.6) is 0 Å². The molecule has 2 aromatic carbocycles. The molecule has 0 saturated carbocycles. The van der Waals surface area contributed by atoms with E-state index < -0.39 is 0 Å². The summed E-state index contributed by atoms with van der Waals surface area (Å²) in [6.07, 6.45) is 1.89. The number of rotatable bonds is 8. The highest BCUT2D eigenvalue weighted by atomic mass is 35.5. The molecule has 0 N–H and O–H groups in total. The molecule has 0 spiro atoms. The molecule has 0 fully saturated rings.